The van der Waals surface area contributed by atoms with Gasteiger partial charge in [0, 0.05) is 12.1 Å². The number of carbonyl (C=O) groups excluding carboxylic acids is 1. The molecule has 20 heavy (non-hydrogen) atoms. The molecule has 0 aromatic carbocycles. The minimum atomic E-state index is -0.160. The van der Waals surface area contributed by atoms with Crippen molar-refractivity contribution in [2.75, 3.05) is 13.1 Å². The van der Waals surface area contributed by atoms with Crippen molar-refractivity contribution < 1.29 is 9.32 Å². The molecule has 0 aliphatic carbocycles. The van der Waals surface area contributed by atoms with Gasteiger partial charge >= 0.3 is 0 Å². The summed E-state index contributed by atoms with van der Waals surface area (Å²) in [6.07, 6.45) is 3.11. The van der Waals surface area contributed by atoms with E-state index in [2.05, 4.69) is 29.2 Å². The van der Waals surface area contributed by atoms with Crippen LogP contribution < -0.4 is 5.32 Å². The normalized spacial score (nSPS) is 12.7. The lowest BCUT2D eigenvalue weighted by molar-refractivity contribution is 0.0930. The third-order valence-electron chi connectivity index (χ3n) is 3.24. The van der Waals surface area contributed by atoms with Crippen molar-refractivity contribution in [1.29, 1.82) is 0 Å². The maximum Gasteiger partial charge on any atom is 0.273 e. The smallest absolute Gasteiger partial charge is 0.273 e. The predicted molar refractivity (Wildman–Crippen MR) is 79.6 cm³/mol. The van der Waals surface area contributed by atoms with Crippen LogP contribution in [0.25, 0.3) is 0 Å². The quantitative estimate of drug-likeness (QED) is 0.756. The molecule has 1 rings (SSSR count). The minimum absolute atomic E-state index is 0.152. The third-order valence-corrected chi connectivity index (χ3v) is 3.24. The van der Waals surface area contributed by atoms with Gasteiger partial charge in [-0.1, -0.05) is 25.9 Å². The van der Waals surface area contributed by atoms with E-state index < -0.39 is 0 Å². The SMILES string of the molecule is CCCN(CCC)Cc1cc(C(=O)N[C@@H](C)CC)no1. The van der Waals surface area contributed by atoms with Crippen molar-refractivity contribution in [3.05, 3.63) is 17.5 Å². The topological polar surface area (TPSA) is 58.4 Å². The minimum Gasteiger partial charge on any atom is -0.359 e. The first-order valence-electron chi connectivity index (χ1n) is 7.59. The lowest BCUT2D eigenvalue weighted by Crippen LogP contribution is -2.32. The number of hydrogen-bond donors (Lipinski definition) is 1. The molecule has 1 aromatic rings. The Morgan fingerprint density at radius 1 is 1.35 bits per heavy atom. The second kappa shape index (κ2) is 8.74. The van der Waals surface area contributed by atoms with Gasteiger partial charge in [0.25, 0.3) is 5.91 Å². The number of hydrogen-bond acceptors (Lipinski definition) is 4. The standard InChI is InChI=1S/C15H27N3O2/c1-5-8-18(9-6-2)11-13-10-14(17-20-13)15(19)16-12(4)7-3/h10,12H,5-9,11H2,1-4H3,(H,16,19)/t12-/m0/s1. The number of nitrogens with one attached hydrogen (secondary N) is 1. The third kappa shape index (κ3) is 5.33. The van der Waals surface area contributed by atoms with Gasteiger partial charge in [0.15, 0.2) is 11.5 Å². The van der Waals surface area contributed by atoms with E-state index >= 15 is 0 Å². The van der Waals surface area contributed by atoms with Gasteiger partial charge in [-0.2, -0.15) is 0 Å². The zero-order valence-electron chi connectivity index (χ0n) is 13.1. The maximum atomic E-state index is 11.9. The summed E-state index contributed by atoms with van der Waals surface area (Å²) in [6, 6.07) is 1.90. The van der Waals surface area contributed by atoms with Gasteiger partial charge in [0.2, 0.25) is 0 Å². The molecule has 5 heteroatoms. The second-order valence-corrected chi connectivity index (χ2v) is 5.24. The number of rotatable bonds is 9. The Morgan fingerprint density at radius 2 is 2.00 bits per heavy atom. The van der Waals surface area contributed by atoms with Crippen LogP contribution in [0.1, 0.15) is 63.2 Å². The molecular formula is C15H27N3O2. The molecule has 0 aliphatic rings. The van der Waals surface area contributed by atoms with E-state index in [0.29, 0.717) is 12.2 Å². The Bertz CT molecular complexity index is 398. The first-order valence-corrected chi connectivity index (χ1v) is 7.59. The summed E-state index contributed by atoms with van der Waals surface area (Å²) in [5.41, 5.74) is 0.369. The van der Waals surface area contributed by atoms with Gasteiger partial charge in [-0.05, 0) is 39.3 Å². The average molecular weight is 281 g/mol. The van der Waals surface area contributed by atoms with Crippen LogP contribution in [0.15, 0.2) is 10.6 Å². The summed E-state index contributed by atoms with van der Waals surface area (Å²) < 4.78 is 5.27. The number of nitrogens with zero attached hydrogens (tertiary/aromatic N) is 2. The summed E-state index contributed by atoms with van der Waals surface area (Å²) in [4.78, 5) is 14.2. The molecule has 0 fully saturated rings. The monoisotopic (exact) mass is 281 g/mol. The van der Waals surface area contributed by atoms with Gasteiger partial charge in [-0.3, -0.25) is 9.69 Å². The summed E-state index contributed by atoms with van der Waals surface area (Å²) in [6.45, 7) is 11.1. The first-order chi connectivity index (χ1) is 9.60. The summed E-state index contributed by atoms with van der Waals surface area (Å²) >= 11 is 0. The van der Waals surface area contributed by atoms with E-state index in [1.54, 1.807) is 6.07 Å². The van der Waals surface area contributed by atoms with Crippen LogP contribution in [0.4, 0.5) is 0 Å². The predicted octanol–water partition coefficient (Wildman–Crippen LogP) is 2.82. The highest BCUT2D eigenvalue weighted by Gasteiger charge is 2.15. The molecule has 1 atom stereocenters. The van der Waals surface area contributed by atoms with Crippen LogP contribution >= 0.6 is 0 Å². The first kappa shape index (κ1) is 16.7. The van der Waals surface area contributed by atoms with E-state index in [1.165, 1.54) is 0 Å². The van der Waals surface area contributed by atoms with E-state index in [-0.39, 0.29) is 11.9 Å². The Balaban J connectivity index is 2.59. The molecule has 1 amide bonds. The molecule has 0 spiro atoms. The molecule has 0 saturated carbocycles. The number of carbonyl (C=O) groups is 1. The molecule has 0 unspecified atom stereocenters. The van der Waals surface area contributed by atoms with E-state index in [0.717, 1.165) is 38.1 Å². The van der Waals surface area contributed by atoms with Gasteiger partial charge < -0.3 is 9.84 Å². The summed E-state index contributed by atoms with van der Waals surface area (Å²) in [5, 5.41) is 6.75. The number of amides is 1. The fraction of sp³-hybridized carbons (Fsp3) is 0.733. The Kier molecular flexibility index (Phi) is 7.30. The van der Waals surface area contributed by atoms with Crippen LogP contribution in [0, 0.1) is 0 Å². The highest BCUT2D eigenvalue weighted by atomic mass is 16.5. The van der Waals surface area contributed by atoms with E-state index in [4.69, 9.17) is 4.52 Å². The van der Waals surface area contributed by atoms with Crippen molar-refractivity contribution in [3.63, 3.8) is 0 Å². The molecule has 1 aromatic heterocycles. The second-order valence-electron chi connectivity index (χ2n) is 5.24. The Morgan fingerprint density at radius 3 is 2.55 bits per heavy atom. The molecule has 0 saturated heterocycles. The zero-order chi connectivity index (χ0) is 15.0. The van der Waals surface area contributed by atoms with Crippen molar-refractivity contribution in [1.82, 2.24) is 15.4 Å². The Labute approximate surface area is 121 Å². The van der Waals surface area contributed by atoms with Crippen LogP contribution in [0.3, 0.4) is 0 Å². The van der Waals surface area contributed by atoms with Crippen LogP contribution in [-0.4, -0.2) is 35.1 Å². The van der Waals surface area contributed by atoms with Gasteiger partial charge in [0.05, 0.1) is 6.54 Å². The van der Waals surface area contributed by atoms with E-state index in [9.17, 15) is 4.79 Å². The van der Waals surface area contributed by atoms with Crippen LogP contribution in [0.2, 0.25) is 0 Å². The van der Waals surface area contributed by atoms with Crippen molar-refractivity contribution in [2.24, 2.45) is 0 Å². The molecular weight excluding hydrogens is 254 g/mol. The van der Waals surface area contributed by atoms with Crippen molar-refractivity contribution in [3.8, 4) is 0 Å². The molecule has 0 aliphatic heterocycles. The van der Waals surface area contributed by atoms with Gasteiger partial charge in [0.1, 0.15) is 0 Å². The highest BCUT2D eigenvalue weighted by Crippen LogP contribution is 2.09. The molecule has 1 N–H and O–H groups in total. The number of aromatic nitrogens is 1. The summed E-state index contributed by atoms with van der Waals surface area (Å²) in [5.74, 6) is 0.591. The molecule has 114 valence electrons. The Hall–Kier alpha value is -1.36. The molecule has 5 nitrogen and oxygen atoms in total. The average Bonchev–Trinajstić information content (AvgIpc) is 2.87. The van der Waals surface area contributed by atoms with Crippen LogP contribution in [-0.2, 0) is 6.54 Å². The van der Waals surface area contributed by atoms with Crippen molar-refractivity contribution >= 4 is 5.91 Å². The van der Waals surface area contributed by atoms with E-state index in [1.807, 2.05) is 13.8 Å². The lowest BCUT2D eigenvalue weighted by atomic mass is 10.2. The lowest BCUT2D eigenvalue weighted by Gasteiger charge is -2.18. The van der Waals surface area contributed by atoms with Gasteiger partial charge in [-0.25, -0.2) is 0 Å². The molecule has 1 heterocycles. The molecule has 0 radical (unpaired) electrons. The van der Waals surface area contributed by atoms with Crippen LogP contribution in [0.5, 0.6) is 0 Å². The molecule has 0 bridgehead atoms. The highest BCUT2D eigenvalue weighted by molar-refractivity contribution is 5.92. The summed E-state index contributed by atoms with van der Waals surface area (Å²) in [7, 11) is 0. The largest absolute Gasteiger partial charge is 0.359 e. The van der Waals surface area contributed by atoms with Crippen molar-refractivity contribution in [2.45, 2.75) is 59.5 Å². The fourth-order valence-corrected chi connectivity index (χ4v) is 2.02. The maximum absolute atomic E-state index is 11.9. The zero-order valence-corrected chi connectivity index (χ0v) is 13.1. The fourth-order valence-electron chi connectivity index (χ4n) is 2.02. The van der Waals surface area contributed by atoms with Gasteiger partial charge in [-0.15, -0.1) is 0 Å².